The standard InChI is InChI=1S/C14H22N2O3S/c1-11-14(7-8-19-11)16(3)20(17,18)13-6-4-5-12(9-13)10-15-2/h4-6,9,11,14-15H,7-8,10H2,1-3H3. The third-order valence-corrected chi connectivity index (χ3v) is 5.64. The molecule has 1 aromatic carbocycles. The lowest BCUT2D eigenvalue weighted by atomic mass is 10.2. The number of hydrogen-bond donors (Lipinski definition) is 1. The van der Waals surface area contributed by atoms with Crippen LogP contribution in [0.5, 0.6) is 0 Å². The van der Waals surface area contributed by atoms with Crippen molar-refractivity contribution in [3.05, 3.63) is 29.8 Å². The lowest BCUT2D eigenvalue weighted by Crippen LogP contribution is -2.40. The van der Waals surface area contributed by atoms with Gasteiger partial charge in [0.05, 0.1) is 17.0 Å². The molecule has 0 amide bonds. The molecule has 2 rings (SSSR count). The molecule has 20 heavy (non-hydrogen) atoms. The first kappa shape index (κ1) is 15.4. The quantitative estimate of drug-likeness (QED) is 0.887. The molecule has 1 fully saturated rings. The number of likely N-dealkylation sites (N-methyl/N-ethyl adjacent to an activating group) is 1. The van der Waals surface area contributed by atoms with Crippen molar-refractivity contribution in [2.24, 2.45) is 0 Å². The number of benzene rings is 1. The maximum Gasteiger partial charge on any atom is 0.243 e. The van der Waals surface area contributed by atoms with Gasteiger partial charge in [-0.1, -0.05) is 12.1 Å². The first-order chi connectivity index (χ1) is 9.46. The van der Waals surface area contributed by atoms with Gasteiger partial charge in [0.15, 0.2) is 0 Å². The Bertz CT molecular complexity index is 559. The molecule has 1 N–H and O–H groups in total. The Morgan fingerprint density at radius 1 is 1.45 bits per heavy atom. The Labute approximate surface area is 121 Å². The summed E-state index contributed by atoms with van der Waals surface area (Å²) in [5.74, 6) is 0. The Hall–Kier alpha value is -0.950. The van der Waals surface area contributed by atoms with Crippen molar-refractivity contribution in [2.45, 2.75) is 36.9 Å². The highest BCUT2D eigenvalue weighted by Gasteiger charge is 2.35. The summed E-state index contributed by atoms with van der Waals surface area (Å²) in [7, 11) is 0.00240. The number of hydrogen-bond acceptors (Lipinski definition) is 4. The van der Waals surface area contributed by atoms with Crippen LogP contribution in [0.25, 0.3) is 0 Å². The lowest BCUT2D eigenvalue weighted by molar-refractivity contribution is 0.102. The van der Waals surface area contributed by atoms with Crippen molar-refractivity contribution in [3.8, 4) is 0 Å². The van der Waals surface area contributed by atoms with Crippen molar-refractivity contribution in [2.75, 3.05) is 20.7 Å². The monoisotopic (exact) mass is 298 g/mol. The maximum atomic E-state index is 12.7. The Kier molecular flexibility index (Phi) is 4.80. The molecular formula is C14H22N2O3S. The molecule has 0 saturated carbocycles. The summed E-state index contributed by atoms with van der Waals surface area (Å²) >= 11 is 0. The normalized spacial score (nSPS) is 23.4. The average molecular weight is 298 g/mol. The smallest absolute Gasteiger partial charge is 0.243 e. The molecule has 0 aromatic heterocycles. The molecule has 0 aliphatic carbocycles. The van der Waals surface area contributed by atoms with Gasteiger partial charge < -0.3 is 10.1 Å². The highest BCUT2D eigenvalue weighted by molar-refractivity contribution is 7.89. The van der Waals surface area contributed by atoms with E-state index in [1.165, 1.54) is 4.31 Å². The predicted octanol–water partition coefficient (Wildman–Crippen LogP) is 1.20. The minimum atomic E-state index is -3.47. The number of nitrogens with zero attached hydrogens (tertiary/aromatic N) is 1. The number of rotatable bonds is 5. The van der Waals surface area contributed by atoms with E-state index in [0.717, 1.165) is 12.0 Å². The van der Waals surface area contributed by atoms with Crippen LogP contribution in [0.15, 0.2) is 29.2 Å². The summed E-state index contributed by atoms with van der Waals surface area (Å²) in [6.07, 6.45) is 0.683. The topological polar surface area (TPSA) is 58.6 Å². The summed E-state index contributed by atoms with van der Waals surface area (Å²) in [6, 6.07) is 6.97. The van der Waals surface area contributed by atoms with Crippen LogP contribution < -0.4 is 5.32 Å². The van der Waals surface area contributed by atoms with Gasteiger partial charge in [0, 0.05) is 20.2 Å². The van der Waals surface area contributed by atoms with Gasteiger partial charge in [0.1, 0.15) is 0 Å². The van der Waals surface area contributed by atoms with E-state index in [2.05, 4.69) is 5.32 Å². The van der Waals surface area contributed by atoms with Crippen molar-refractivity contribution in [3.63, 3.8) is 0 Å². The molecule has 0 spiro atoms. The molecule has 0 radical (unpaired) electrons. The van der Waals surface area contributed by atoms with Crippen LogP contribution in [-0.4, -0.2) is 45.6 Å². The molecule has 6 heteroatoms. The summed E-state index contributed by atoms with van der Waals surface area (Å²) < 4.78 is 32.3. The zero-order valence-corrected chi connectivity index (χ0v) is 13.0. The van der Waals surface area contributed by atoms with E-state index in [1.807, 2.05) is 20.0 Å². The SMILES string of the molecule is CNCc1cccc(S(=O)(=O)N(C)C2CCOC2C)c1. The largest absolute Gasteiger partial charge is 0.377 e. The van der Waals surface area contributed by atoms with Crippen LogP contribution in [0.4, 0.5) is 0 Å². The first-order valence-electron chi connectivity index (χ1n) is 6.80. The van der Waals surface area contributed by atoms with Crippen LogP contribution in [0.3, 0.4) is 0 Å². The highest BCUT2D eigenvalue weighted by atomic mass is 32.2. The molecule has 2 atom stereocenters. The molecule has 1 heterocycles. The minimum Gasteiger partial charge on any atom is -0.377 e. The fraction of sp³-hybridized carbons (Fsp3) is 0.571. The third kappa shape index (κ3) is 3.03. The zero-order chi connectivity index (χ0) is 14.8. The zero-order valence-electron chi connectivity index (χ0n) is 12.2. The van der Waals surface area contributed by atoms with Crippen molar-refractivity contribution >= 4 is 10.0 Å². The molecule has 112 valence electrons. The second-order valence-electron chi connectivity index (χ2n) is 5.13. The van der Waals surface area contributed by atoms with Gasteiger partial charge in [-0.3, -0.25) is 0 Å². The molecule has 1 aliphatic heterocycles. The summed E-state index contributed by atoms with van der Waals surface area (Å²) in [5.41, 5.74) is 0.956. The van der Waals surface area contributed by atoms with E-state index in [-0.39, 0.29) is 12.1 Å². The third-order valence-electron chi connectivity index (χ3n) is 3.76. The minimum absolute atomic E-state index is 0.0599. The summed E-state index contributed by atoms with van der Waals surface area (Å²) in [5, 5.41) is 3.03. The maximum absolute atomic E-state index is 12.7. The van der Waals surface area contributed by atoms with Crippen molar-refractivity contribution in [1.29, 1.82) is 0 Å². The van der Waals surface area contributed by atoms with Crippen LogP contribution in [-0.2, 0) is 21.3 Å². The second kappa shape index (κ2) is 6.22. The van der Waals surface area contributed by atoms with E-state index in [9.17, 15) is 8.42 Å². The average Bonchev–Trinajstić information content (AvgIpc) is 2.84. The lowest BCUT2D eigenvalue weighted by Gasteiger charge is -2.26. The number of sulfonamides is 1. The van der Waals surface area contributed by atoms with Crippen molar-refractivity contribution in [1.82, 2.24) is 9.62 Å². The highest BCUT2D eigenvalue weighted by Crippen LogP contribution is 2.25. The van der Waals surface area contributed by atoms with E-state index >= 15 is 0 Å². The Morgan fingerprint density at radius 2 is 2.20 bits per heavy atom. The van der Waals surface area contributed by atoms with Gasteiger partial charge in [-0.2, -0.15) is 4.31 Å². The fourth-order valence-electron chi connectivity index (χ4n) is 2.56. The van der Waals surface area contributed by atoms with Crippen molar-refractivity contribution < 1.29 is 13.2 Å². The van der Waals surface area contributed by atoms with Crippen LogP contribution in [0.2, 0.25) is 0 Å². The van der Waals surface area contributed by atoms with Crippen LogP contribution in [0, 0.1) is 0 Å². The number of nitrogens with one attached hydrogen (secondary N) is 1. The second-order valence-corrected chi connectivity index (χ2v) is 7.13. The van der Waals surface area contributed by atoms with E-state index < -0.39 is 10.0 Å². The molecular weight excluding hydrogens is 276 g/mol. The fourth-order valence-corrected chi connectivity index (χ4v) is 4.08. The van der Waals surface area contributed by atoms with Gasteiger partial charge >= 0.3 is 0 Å². The van der Waals surface area contributed by atoms with Gasteiger partial charge in [-0.15, -0.1) is 0 Å². The molecule has 1 aliphatic rings. The van der Waals surface area contributed by atoms with Gasteiger partial charge in [-0.05, 0) is 38.1 Å². The van der Waals surface area contributed by atoms with Gasteiger partial charge in [0.25, 0.3) is 0 Å². The predicted molar refractivity (Wildman–Crippen MR) is 78.0 cm³/mol. The molecule has 2 unspecified atom stereocenters. The Morgan fingerprint density at radius 3 is 2.80 bits per heavy atom. The summed E-state index contributed by atoms with van der Waals surface area (Å²) in [4.78, 5) is 0.340. The van der Waals surface area contributed by atoms with Gasteiger partial charge in [0.2, 0.25) is 10.0 Å². The first-order valence-corrected chi connectivity index (χ1v) is 8.24. The van der Waals surface area contributed by atoms with E-state index in [4.69, 9.17) is 4.74 Å². The van der Waals surface area contributed by atoms with Crippen LogP contribution >= 0.6 is 0 Å². The van der Waals surface area contributed by atoms with Gasteiger partial charge in [-0.25, -0.2) is 8.42 Å². The number of ether oxygens (including phenoxy) is 1. The van der Waals surface area contributed by atoms with Crippen LogP contribution in [0.1, 0.15) is 18.9 Å². The molecule has 1 aromatic rings. The molecule has 1 saturated heterocycles. The summed E-state index contributed by atoms with van der Waals surface area (Å²) in [6.45, 7) is 3.18. The van der Waals surface area contributed by atoms with E-state index in [0.29, 0.717) is 18.0 Å². The Balaban J connectivity index is 2.27. The van der Waals surface area contributed by atoms with E-state index in [1.54, 1.807) is 25.2 Å². The molecule has 5 nitrogen and oxygen atoms in total. The molecule has 0 bridgehead atoms.